The van der Waals surface area contributed by atoms with Gasteiger partial charge in [-0.3, -0.25) is 4.90 Å². The second-order valence-corrected chi connectivity index (χ2v) is 14.1. The van der Waals surface area contributed by atoms with Crippen LogP contribution in [0.4, 0.5) is 0 Å². The molecule has 11 heteroatoms. The van der Waals surface area contributed by atoms with Crippen molar-refractivity contribution in [2.24, 2.45) is 0 Å². The van der Waals surface area contributed by atoms with Gasteiger partial charge < -0.3 is 18.2 Å². The van der Waals surface area contributed by atoms with E-state index in [0.717, 1.165) is 57.5 Å². The normalized spacial score (nSPS) is 19.0. The zero-order valence-electron chi connectivity index (χ0n) is 16.9. The van der Waals surface area contributed by atoms with Crippen LogP contribution in [0, 0.1) is 0 Å². The number of nitrogens with one attached hydrogen (secondary N) is 1. The Hall–Kier alpha value is 0.607. The average Bonchev–Trinajstić information content (AvgIpc) is 3.09. The summed E-state index contributed by atoms with van der Waals surface area (Å²) in [5, 5.41) is 0. The third-order valence-electron chi connectivity index (χ3n) is 4.86. The summed E-state index contributed by atoms with van der Waals surface area (Å²) in [5.41, 5.74) is 0. The molecule has 162 valence electrons. The first-order valence-electron chi connectivity index (χ1n) is 9.55. The van der Waals surface area contributed by atoms with Crippen LogP contribution in [0.3, 0.4) is 0 Å². The maximum Gasteiger partial charge on any atom is 0.500 e. The Bertz CT molecular complexity index is 489. The fourth-order valence-corrected chi connectivity index (χ4v) is 7.01. The Morgan fingerprint density at radius 3 is 2.37 bits per heavy atom. The average molecular weight is 464 g/mol. The fraction of sp³-hybridized carbons (Fsp3) is 1.00. The number of hydrogen-bond donors (Lipinski definition) is 1. The largest absolute Gasteiger partial charge is 0.500 e. The van der Waals surface area contributed by atoms with Crippen LogP contribution in [0.15, 0.2) is 0 Å². The molecular weight excluding hydrogens is 428 g/mol. The summed E-state index contributed by atoms with van der Waals surface area (Å²) in [6.07, 6.45) is 3.82. The summed E-state index contributed by atoms with van der Waals surface area (Å²) in [4.78, 5) is 4.06. The van der Waals surface area contributed by atoms with Crippen molar-refractivity contribution < 1.29 is 26.6 Å². The Morgan fingerprint density at radius 2 is 1.74 bits per heavy atom. The molecular formula is C16H36ClN2O5S2Si+. The minimum atomic E-state index is -3.33. The molecule has 1 fully saturated rings. The Morgan fingerprint density at radius 1 is 1.07 bits per heavy atom. The summed E-state index contributed by atoms with van der Waals surface area (Å²) in [5.74, 6) is 2.36. The number of rotatable bonds is 16. The third kappa shape index (κ3) is 11.4. The van der Waals surface area contributed by atoms with Crippen LogP contribution < -0.4 is 4.90 Å². The standard InChI is InChI=1S/C16H35ClN2O5S2Si/c1-22-27(23-2,24-3)15-7-13-25-12-6-9-19-11-10-18(16-19)8-4-5-14-26(17,20)21/h4-16H2,1-3H3/p+1. The van der Waals surface area contributed by atoms with Gasteiger partial charge in [0.2, 0.25) is 9.05 Å². The first-order chi connectivity index (χ1) is 12.8. The van der Waals surface area contributed by atoms with E-state index < -0.39 is 17.9 Å². The molecule has 0 bridgehead atoms. The van der Waals surface area contributed by atoms with Crippen molar-refractivity contribution in [1.29, 1.82) is 0 Å². The van der Waals surface area contributed by atoms with Gasteiger partial charge in [-0.15, -0.1) is 0 Å². The number of unbranched alkanes of at least 4 members (excludes halogenated alkanes) is 1. The van der Waals surface area contributed by atoms with E-state index in [9.17, 15) is 8.42 Å². The van der Waals surface area contributed by atoms with E-state index in [4.69, 9.17) is 24.0 Å². The fourth-order valence-electron chi connectivity index (χ4n) is 3.27. The zero-order chi connectivity index (χ0) is 20.2. The van der Waals surface area contributed by atoms with E-state index in [1.807, 2.05) is 11.8 Å². The predicted molar refractivity (Wildman–Crippen MR) is 114 cm³/mol. The van der Waals surface area contributed by atoms with Crippen LogP contribution in [0.5, 0.6) is 0 Å². The minimum Gasteiger partial charge on any atom is -0.377 e. The summed E-state index contributed by atoms with van der Waals surface area (Å²) >= 11 is 1.98. The van der Waals surface area contributed by atoms with Gasteiger partial charge in [0.15, 0.2) is 0 Å². The lowest BCUT2D eigenvalue weighted by Gasteiger charge is -2.24. The van der Waals surface area contributed by atoms with E-state index in [2.05, 4.69) is 4.90 Å². The van der Waals surface area contributed by atoms with Gasteiger partial charge in [0.05, 0.1) is 25.4 Å². The number of quaternary nitrogens is 1. The molecule has 0 spiro atoms. The van der Waals surface area contributed by atoms with Crippen LogP contribution >= 0.6 is 22.4 Å². The summed E-state index contributed by atoms with van der Waals surface area (Å²) < 4.78 is 38.1. The van der Waals surface area contributed by atoms with Crippen LogP contribution in [-0.4, -0.2) is 93.6 Å². The van der Waals surface area contributed by atoms with Gasteiger partial charge in [-0.25, -0.2) is 8.42 Å². The molecule has 1 atom stereocenters. The number of nitrogens with zero attached hydrogens (tertiary/aromatic N) is 1. The number of halogens is 1. The molecule has 7 nitrogen and oxygen atoms in total. The van der Waals surface area contributed by atoms with Gasteiger partial charge in [-0.1, -0.05) is 0 Å². The van der Waals surface area contributed by atoms with E-state index in [1.54, 1.807) is 26.2 Å². The molecule has 1 aliphatic rings. The highest BCUT2D eigenvalue weighted by Gasteiger charge is 2.36. The van der Waals surface area contributed by atoms with E-state index >= 15 is 0 Å². The number of hydrogen-bond acceptors (Lipinski definition) is 7. The predicted octanol–water partition coefficient (Wildman–Crippen LogP) is 0.885. The molecule has 1 saturated heterocycles. The third-order valence-corrected chi connectivity index (χ3v) is 10.1. The topological polar surface area (TPSA) is 69.5 Å². The lowest BCUT2D eigenvalue weighted by atomic mass is 10.3. The second kappa shape index (κ2) is 13.8. The molecule has 0 aromatic rings. The first-order valence-corrected chi connectivity index (χ1v) is 15.1. The van der Waals surface area contributed by atoms with Crippen LogP contribution in [0.25, 0.3) is 0 Å². The number of thioether (sulfide) groups is 1. The maximum atomic E-state index is 10.9. The van der Waals surface area contributed by atoms with Crippen LogP contribution in [0.2, 0.25) is 6.04 Å². The molecule has 0 aliphatic carbocycles. The smallest absolute Gasteiger partial charge is 0.377 e. The Balaban J connectivity index is 2.00. The van der Waals surface area contributed by atoms with E-state index in [0.29, 0.717) is 6.42 Å². The molecule has 27 heavy (non-hydrogen) atoms. The van der Waals surface area contributed by atoms with Gasteiger partial charge in [-0.2, -0.15) is 11.8 Å². The molecule has 0 aromatic heterocycles. The lowest BCUT2D eigenvalue weighted by molar-refractivity contribution is -0.892. The maximum absolute atomic E-state index is 10.9. The molecule has 0 amide bonds. The van der Waals surface area contributed by atoms with Crippen molar-refractivity contribution >= 4 is 40.3 Å². The van der Waals surface area contributed by atoms with Gasteiger partial charge in [0.1, 0.15) is 6.67 Å². The highest BCUT2D eigenvalue weighted by Crippen LogP contribution is 2.17. The second-order valence-electron chi connectivity index (χ2n) is 6.84. The molecule has 0 saturated carbocycles. The molecule has 0 aromatic carbocycles. The molecule has 1 rings (SSSR count). The van der Waals surface area contributed by atoms with Crippen molar-refractivity contribution in [3.63, 3.8) is 0 Å². The highest BCUT2D eigenvalue weighted by atomic mass is 35.7. The van der Waals surface area contributed by atoms with Crippen LogP contribution in [-0.2, 0) is 22.3 Å². The van der Waals surface area contributed by atoms with Gasteiger partial charge in [0.25, 0.3) is 0 Å². The van der Waals surface area contributed by atoms with E-state index in [1.165, 1.54) is 12.2 Å². The van der Waals surface area contributed by atoms with Crippen molar-refractivity contribution in [2.45, 2.75) is 31.7 Å². The van der Waals surface area contributed by atoms with Crippen molar-refractivity contribution in [3.05, 3.63) is 0 Å². The summed E-state index contributed by atoms with van der Waals surface area (Å²) in [6, 6.07) is 0.860. The van der Waals surface area contributed by atoms with Gasteiger partial charge in [0, 0.05) is 44.6 Å². The van der Waals surface area contributed by atoms with Gasteiger partial charge in [-0.05, 0) is 37.2 Å². The molecule has 1 N–H and O–H groups in total. The van der Waals surface area contributed by atoms with Crippen molar-refractivity contribution in [1.82, 2.24) is 4.90 Å². The monoisotopic (exact) mass is 463 g/mol. The Labute approximate surface area is 174 Å². The minimum absolute atomic E-state index is 0.0888. The molecule has 1 aliphatic heterocycles. The van der Waals surface area contributed by atoms with Gasteiger partial charge >= 0.3 is 8.80 Å². The first kappa shape index (κ1) is 25.6. The van der Waals surface area contributed by atoms with Crippen molar-refractivity contribution in [2.75, 3.05) is 71.4 Å². The zero-order valence-corrected chi connectivity index (χ0v) is 20.3. The SMILES string of the molecule is CO[Si](CCCSCCCN1CC[NH+](CCCCS(=O)(=O)Cl)C1)(OC)OC. The Kier molecular flexibility index (Phi) is 13.1. The van der Waals surface area contributed by atoms with E-state index in [-0.39, 0.29) is 5.75 Å². The van der Waals surface area contributed by atoms with Crippen LogP contribution in [0.1, 0.15) is 25.7 Å². The van der Waals surface area contributed by atoms with Crippen molar-refractivity contribution in [3.8, 4) is 0 Å². The summed E-state index contributed by atoms with van der Waals surface area (Å²) in [7, 11) is 4.48. The highest BCUT2D eigenvalue weighted by molar-refractivity contribution is 8.13. The summed E-state index contributed by atoms with van der Waals surface area (Å²) in [6.45, 7) is 5.53. The molecule has 1 heterocycles. The quantitative estimate of drug-likeness (QED) is 0.207. The molecule has 0 radical (unpaired) electrons. The lowest BCUT2D eigenvalue weighted by Crippen LogP contribution is -3.10. The molecule has 1 unspecified atom stereocenters.